The van der Waals surface area contributed by atoms with Gasteiger partial charge in [0, 0.05) is 32.2 Å². The molecule has 2 amide bonds. The second-order valence-corrected chi connectivity index (χ2v) is 14.0. The van der Waals surface area contributed by atoms with Gasteiger partial charge >= 0.3 is 12.1 Å². The van der Waals surface area contributed by atoms with Crippen molar-refractivity contribution in [3.63, 3.8) is 0 Å². The van der Waals surface area contributed by atoms with Crippen molar-refractivity contribution >= 4 is 52.3 Å². The van der Waals surface area contributed by atoms with Crippen LogP contribution in [0.3, 0.4) is 0 Å². The average Bonchev–Trinajstić information content (AvgIpc) is 3.72. The third-order valence-electron chi connectivity index (χ3n) is 9.77. The van der Waals surface area contributed by atoms with Crippen LogP contribution < -0.4 is 21.7 Å². The topological polar surface area (TPSA) is 179 Å². The number of nitrogens with zero attached hydrogens (tertiary/aromatic N) is 1. The van der Waals surface area contributed by atoms with Gasteiger partial charge in [0.1, 0.15) is 29.5 Å². The number of rotatable bonds is 3. The van der Waals surface area contributed by atoms with Crippen LogP contribution in [0.15, 0.2) is 54.1 Å². The Morgan fingerprint density at radius 2 is 1.92 bits per heavy atom. The van der Waals surface area contributed by atoms with Crippen LogP contribution in [0.4, 0.5) is 27.5 Å². The average molecular weight is 697 g/mol. The monoisotopic (exact) mass is 696 g/mol. The molecule has 0 unspecified atom stereocenters. The molecule has 0 saturated carbocycles. The number of aryl methyl sites for hydroxylation is 1. The van der Waals surface area contributed by atoms with Crippen molar-refractivity contribution < 1.29 is 38.4 Å². The Morgan fingerprint density at radius 1 is 1.18 bits per heavy atom. The second kappa shape index (κ2) is 14.0. The van der Waals surface area contributed by atoms with E-state index < -0.39 is 53.6 Å². The number of allylic oxidation sites excluding steroid dienone is 3. The molecule has 49 heavy (non-hydrogen) atoms. The van der Waals surface area contributed by atoms with Crippen molar-refractivity contribution in [3.8, 4) is 0 Å². The Morgan fingerprint density at radius 3 is 2.61 bits per heavy atom. The lowest BCUT2D eigenvalue weighted by atomic mass is 9.78. The highest BCUT2D eigenvalue weighted by Crippen LogP contribution is 2.49. The number of anilines is 4. The molecule has 264 valence electrons. The first-order valence-corrected chi connectivity index (χ1v) is 16.6. The predicted molar refractivity (Wildman–Crippen MR) is 187 cm³/mol. The lowest BCUT2D eigenvalue weighted by molar-refractivity contribution is -0.187. The van der Waals surface area contributed by atoms with E-state index in [-0.39, 0.29) is 36.5 Å². The number of epoxide rings is 1. The van der Waals surface area contributed by atoms with E-state index in [1.165, 1.54) is 18.1 Å². The minimum atomic E-state index is -1.55. The van der Waals surface area contributed by atoms with Crippen molar-refractivity contribution in [1.29, 1.82) is 0 Å². The molecule has 2 aromatic carbocycles. The number of amides is 2. The van der Waals surface area contributed by atoms with Gasteiger partial charge in [-0.3, -0.25) is 14.9 Å². The highest BCUT2D eigenvalue weighted by Gasteiger charge is 2.64. The number of ether oxygens (including phenoxy) is 4. The Balaban J connectivity index is 1.53. The number of hydrogen-bond donors (Lipinski definition) is 4. The molecule has 3 heterocycles. The second-order valence-electron chi connectivity index (χ2n) is 13.6. The fraction of sp³-hybridized carbons (Fsp3) is 0.472. The normalized spacial score (nSPS) is 32.3. The minimum Gasteiger partial charge on any atom is -0.462 e. The van der Waals surface area contributed by atoms with Crippen molar-refractivity contribution in [2.45, 2.75) is 89.0 Å². The Bertz CT molecular complexity index is 1700. The van der Waals surface area contributed by atoms with E-state index in [1.54, 1.807) is 38.3 Å². The summed E-state index contributed by atoms with van der Waals surface area (Å²) in [4.78, 5) is 41.6. The van der Waals surface area contributed by atoms with E-state index >= 15 is 0 Å². The van der Waals surface area contributed by atoms with Gasteiger partial charge in [-0.1, -0.05) is 48.4 Å². The third-order valence-corrected chi connectivity index (χ3v) is 10.3. The van der Waals surface area contributed by atoms with Crippen LogP contribution in [0.2, 0.25) is 5.02 Å². The summed E-state index contributed by atoms with van der Waals surface area (Å²) in [5.41, 5.74) is 13.3. The maximum Gasteiger partial charge on any atom is 0.412 e. The molecule has 2 aromatic rings. The van der Waals surface area contributed by atoms with Crippen LogP contribution in [0.25, 0.3) is 0 Å². The molecule has 0 spiro atoms. The van der Waals surface area contributed by atoms with E-state index in [9.17, 15) is 19.5 Å². The van der Waals surface area contributed by atoms with Crippen LogP contribution in [0.5, 0.6) is 0 Å². The molecule has 6 N–H and O–H groups in total. The number of hydrogen-bond acceptors (Lipinski definition) is 10. The maximum atomic E-state index is 14.0. The molecule has 3 aliphatic rings. The number of nitrogens with two attached hydrogens (primary N) is 2. The molecule has 7 atom stereocenters. The molecule has 2 saturated heterocycles. The molecule has 0 radical (unpaired) electrons. The van der Waals surface area contributed by atoms with E-state index in [0.29, 0.717) is 22.8 Å². The molecule has 5 rings (SSSR count). The SMILES string of the molecule is CO[C@@H]1/C=C/C=C(\C)Cc2cc(C)c(Cl)c(c2)N(C)C(=O)C[C@H](OC(=O)Nc2ccc(N)cc2N)[C@]2(C)O[C@H]2[C@H](C)[C@@H]2C[C@@]1(O)CC(=O)O2. The van der Waals surface area contributed by atoms with Crippen molar-refractivity contribution in [2.24, 2.45) is 5.92 Å². The molecule has 4 bridgehead atoms. The van der Waals surface area contributed by atoms with Crippen LogP contribution >= 0.6 is 11.6 Å². The van der Waals surface area contributed by atoms with Gasteiger partial charge in [0.05, 0.1) is 41.0 Å². The summed E-state index contributed by atoms with van der Waals surface area (Å²) in [5, 5.41) is 14.8. The lowest BCUT2D eigenvalue weighted by Crippen LogP contribution is -2.53. The van der Waals surface area contributed by atoms with Gasteiger partial charge < -0.3 is 40.4 Å². The Hall–Kier alpha value is -4.10. The number of benzene rings is 2. The summed E-state index contributed by atoms with van der Waals surface area (Å²) in [6.07, 6.45) is 1.46. The number of nitrogen functional groups attached to an aromatic ring is 2. The first-order chi connectivity index (χ1) is 23.0. The fourth-order valence-corrected chi connectivity index (χ4v) is 7.10. The van der Waals surface area contributed by atoms with E-state index in [1.807, 2.05) is 39.0 Å². The molecule has 0 aliphatic carbocycles. The van der Waals surface area contributed by atoms with Gasteiger partial charge in [-0.05, 0) is 62.6 Å². The number of methoxy groups -OCH3 is 1. The van der Waals surface area contributed by atoms with Crippen molar-refractivity contribution in [1.82, 2.24) is 0 Å². The number of carbonyl (C=O) groups is 3. The minimum absolute atomic E-state index is 0.0785. The van der Waals surface area contributed by atoms with Gasteiger partial charge in [-0.15, -0.1) is 0 Å². The molecule has 3 aliphatic heterocycles. The molecule has 13 heteroatoms. The number of nitrogens with one attached hydrogen (secondary N) is 1. The summed E-state index contributed by atoms with van der Waals surface area (Å²) in [7, 11) is 3.10. The van der Waals surface area contributed by atoms with Gasteiger partial charge in [-0.25, -0.2) is 4.79 Å². The maximum absolute atomic E-state index is 14.0. The number of carbonyl (C=O) groups excluding carboxylic acids is 3. The number of aliphatic hydroxyl groups is 1. The molecule has 2 fully saturated rings. The van der Waals surface area contributed by atoms with Crippen LogP contribution in [-0.4, -0.2) is 72.9 Å². The first kappa shape index (κ1) is 36.2. The van der Waals surface area contributed by atoms with E-state index in [4.69, 9.17) is 42.0 Å². The summed E-state index contributed by atoms with van der Waals surface area (Å²) in [5.74, 6) is -1.41. The Kier molecular flexibility index (Phi) is 10.4. The highest BCUT2D eigenvalue weighted by molar-refractivity contribution is 6.34. The summed E-state index contributed by atoms with van der Waals surface area (Å²) in [6, 6.07) is 8.46. The van der Waals surface area contributed by atoms with Gasteiger partial charge in [0.15, 0.2) is 0 Å². The third kappa shape index (κ3) is 7.72. The van der Waals surface area contributed by atoms with Gasteiger partial charge in [0.2, 0.25) is 5.91 Å². The van der Waals surface area contributed by atoms with Gasteiger partial charge in [0.25, 0.3) is 0 Å². The standard InChI is InChI=1S/C36H45ClN4O8/c1-19-8-7-9-28(46-6)36(45)17-27(47-31(43)18-36)21(3)33-35(4,49-33)29(48-34(44)40-25-11-10-23(38)15-24(25)39)16-30(42)41(5)26-14-22(12-19)13-20(2)32(26)37/h7-11,13-15,21,27-29,33,45H,12,16-18,38-39H2,1-6H3,(H,40,44)/b9-7+,19-8+/t21-,27+,28-,29+,33+,35+,36-/m1/s1. The van der Waals surface area contributed by atoms with Gasteiger partial charge in [-0.2, -0.15) is 0 Å². The highest BCUT2D eigenvalue weighted by atomic mass is 35.5. The van der Waals surface area contributed by atoms with E-state index in [2.05, 4.69) is 5.32 Å². The van der Waals surface area contributed by atoms with Crippen LogP contribution in [0, 0.1) is 12.8 Å². The fourth-order valence-electron chi connectivity index (χ4n) is 6.86. The first-order valence-electron chi connectivity index (χ1n) is 16.2. The summed E-state index contributed by atoms with van der Waals surface area (Å²) < 4.78 is 23.6. The zero-order valence-corrected chi connectivity index (χ0v) is 29.4. The van der Waals surface area contributed by atoms with Crippen molar-refractivity contribution in [3.05, 3.63) is 70.3 Å². The largest absolute Gasteiger partial charge is 0.462 e. The zero-order chi connectivity index (χ0) is 35.8. The molecule has 0 aromatic heterocycles. The van der Waals surface area contributed by atoms with E-state index in [0.717, 1.165) is 16.7 Å². The van der Waals surface area contributed by atoms with Crippen LogP contribution in [-0.2, 0) is 35.0 Å². The number of halogens is 1. The summed E-state index contributed by atoms with van der Waals surface area (Å²) >= 11 is 6.74. The lowest BCUT2D eigenvalue weighted by Gasteiger charge is -2.41. The number of esters is 1. The quantitative estimate of drug-likeness (QED) is 0.192. The van der Waals surface area contributed by atoms with Crippen LogP contribution in [0.1, 0.15) is 51.2 Å². The molecular formula is C36H45ClN4O8. The van der Waals surface area contributed by atoms with Crippen molar-refractivity contribution in [2.75, 3.05) is 35.8 Å². The molecule has 12 nitrogen and oxygen atoms in total. The Labute approximate surface area is 291 Å². The zero-order valence-electron chi connectivity index (χ0n) is 28.6. The molecular weight excluding hydrogens is 652 g/mol. The smallest absolute Gasteiger partial charge is 0.412 e. The summed E-state index contributed by atoms with van der Waals surface area (Å²) in [6.45, 7) is 7.41. The number of fused-ring (bicyclic) bond motifs is 5. The predicted octanol–water partition coefficient (Wildman–Crippen LogP) is 5.09.